The van der Waals surface area contributed by atoms with Crippen molar-refractivity contribution in [1.29, 1.82) is 0 Å². The zero-order valence-electron chi connectivity index (χ0n) is 10.2. The fourth-order valence-electron chi connectivity index (χ4n) is 1.47. The first-order chi connectivity index (χ1) is 7.79. The summed E-state index contributed by atoms with van der Waals surface area (Å²) in [6, 6.07) is 0. The number of hydrogen-bond donors (Lipinski definition) is 1. The highest BCUT2D eigenvalue weighted by atomic mass is 32.1. The summed E-state index contributed by atoms with van der Waals surface area (Å²) in [5, 5.41) is 0.890. The molecule has 0 bridgehead atoms. The highest BCUT2D eigenvalue weighted by molar-refractivity contribution is 7.23. The average Bonchev–Trinajstić information content (AvgIpc) is 2.66. The molecule has 0 spiro atoms. The van der Waals surface area contributed by atoms with Crippen LogP contribution >= 0.6 is 22.9 Å². The minimum absolute atomic E-state index is 0.373. The lowest BCUT2D eigenvalue weighted by atomic mass is 10.2. The predicted octanol–water partition coefficient (Wildman–Crippen LogP) is 3.20. The van der Waals surface area contributed by atoms with Gasteiger partial charge < -0.3 is 10.5 Å². The highest BCUT2D eigenvalue weighted by Crippen LogP contribution is 2.37. The number of nitrogens with two attached hydrogens (primary N) is 1. The molecule has 0 aromatic carbocycles. The summed E-state index contributed by atoms with van der Waals surface area (Å²) in [5.41, 5.74) is 5.96. The monoisotopic (exact) mass is 270 g/mol. The van der Waals surface area contributed by atoms with Crippen molar-refractivity contribution < 1.29 is 9.53 Å². The van der Waals surface area contributed by atoms with Gasteiger partial charge in [-0.15, -0.1) is 11.3 Å². The van der Waals surface area contributed by atoms with Gasteiger partial charge in [0.25, 0.3) is 0 Å². The molecule has 0 unspecified atom stereocenters. The van der Waals surface area contributed by atoms with Crippen molar-refractivity contribution in [3.63, 3.8) is 0 Å². The Bertz CT molecular complexity index is 578. The van der Waals surface area contributed by atoms with Gasteiger partial charge in [-0.1, -0.05) is 0 Å². The normalized spacial score (nSPS) is 12.0. The van der Waals surface area contributed by atoms with Crippen LogP contribution in [0, 0.1) is 6.92 Å². The number of hydrogen-bond acceptors (Lipinski definition) is 6. The first-order valence-electron chi connectivity index (χ1n) is 5.17. The second-order valence-electron chi connectivity index (χ2n) is 4.77. The van der Waals surface area contributed by atoms with E-state index in [2.05, 4.69) is 4.37 Å². The maximum atomic E-state index is 11.9. The molecule has 0 aliphatic heterocycles. The lowest BCUT2D eigenvalue weighted by molar-refractivity contribution is 0.00765. The summed E-state index contributed by atoms with van der Waals surface area (Å²) in [7, 11) is 0. The molecular formula is C11H14N2O2S2. The van der Waals surface area contributed by atoms with Crippen LogP contribution in [0.5, 0.6) is 0 Å². The number of rotatable bonds is 1. The third-order valence-electron chi connectivity index (χ3n) is 2.13. The van der Waals surface area contributed by atoms with Crippen LogP contribution in [-0.2, 0) is 4.74 Å². The highest BCUT2D eigenvalue weighted by Gasteiger charge is 2.24. The van der Waals surface area contributed by atoms with Gasteiger partial charge in [0.1, 0.15) is 15.3 Å². The van der Waals surface area contributed by atoms with Crippen LogP contribution in [-0.4, -0.2) is 15.9 Å². The standard InChI is InChI=1S/C11H14N2O2S2/c1-5-6-7(12)8(16-9(6)13-17-5)10(14)15-11(2,3)4/h12H2,1-4H3. The number of nitrogens with zero attached hydrogens (tertiary/aromatic N) is 1. The number of fused-ring (bicyclic) bond motifs is 1. The molecule has 0 saturated heterocycles. The fourth-order valence-corrected chi connectivity index (χ4v) is 3.30. The van der Waals surface area contributed by atoms with Gasteiger partial charge in [-0.05, 0) is 39.2 Å². The Balaban J connectivity index is 2.43. The van der Waals surface area contributed by atoms with Crippen LogP contribution in [0.4, 0.5) is 5.69 Å². The van der Waals surface area contributed by atoms with E-state index >= 15 is 0 Å². The number of esters is 1. The maximum absolute atomic E-state index is 11.9. The molecule has 2 aromatic rings. The molecule has 2 heterocycles. The second kappa shape index (κ2) is 3.96. The molecule has 0 atom stereocenters. The number of anilines is 1. The van der Waals surface area contributed by atoms with Crippen LogP contribution in [0.3, 0.4) is 0 Å². The molecule has 2 aromatic heterocycles. The topological polar surface area (TPSA) is 65.2 Å². The van der Waals surface area contributed by atoms with E-state index in [1.807, 2.05) is 27.7 Å². The van der Waals surface area contributed by atoms with E-state index in [0.717, 1.165) is 15.1 Å². The van der Waals surface area contributed by atoms with Crippen LogP contribution in [0.2, 0.25) is 0 Å². The molecule has 0 aliphatic carbocycles. The van der Waals surface area contributed by atoms with Crippen LogP contribution in [0.15, 0.2) is 0 Å². The van der Waals surface area contributed by atoms with E-state index in [4.69, 9.17) is 10.5 Å². The number of aryl methyl sites for hydroxylation is 1. The van der Waals surface area contributed by atoms with Crippen molar-refractivity contribution in [2.24, 2.45) is 0 Å². The minimum atomic E-state index is -0.511. The lowest BCUT2D eigenvalue weighted by Gasteiger charge is -2.18. The Hall–Kier alpha value is -1.14. The van der Waals surface area contributed by atoms with Gasteiger partial charge in [0.15, 0.2) is 0 Å². The molecule has 0 saturated carbocycles. The Labute approximate surface area is 108 Å². The summed E-state index contributed by atoms with van der Waals surface area (Å²) in [6.07, 6.45) is 0. The Kier molecular flexibility index (Phi) is 2.87. The molecule has 92 valence electrons. The van der Waals surface area contributed by atoms with Gasteiger partial charge in [-0.2, -0.15) is 4.37 Å². The SMILES string of the molecule is Cc1snc2sc(C(=O)OC(C)(C)C)c(N)c12. The lowest BCUT2D eigenvalue weighted by Crippen LogP contribution is -2.23. The summed E-state index contributed by atoms with van der Waals surface area (Å²) < 4.78 is 9.56. The number of nitrogen functional groups attached to an aromatic ring is 1. The second-order valence-corrected chi connectivity index (χ2v) is 6.74. The van der Waals surface area contributed by atoms with Crippen molar-refractivity contribution in [3.05, 3.63) is 9.75 Å². The maximum Gasteiger partial charge on any atom is 0.351 e. The number of aromatic nitrogens is 1. The summed E-state index contributed by atoms with van der Waals surface area (Å²) >= 11 is 2.69. The number of carbonyl (C=O) groups excluding carboxylic acids is 1. The summed E-state index contributed by atoms with van der Waals surface area (Å²) in [5.74, 6) is -0.373. The quantitative estimate of drug-likeness (QED) is 0.808. The summed E-state index contributed by atoms with van der Waals surface area (Å²) in [4.78, 5) is 14.2. The third-order valence-corrected chi connectivity index (χ3v) is 4.08. The van der Waals surface area contributed by atoms with Crippen LogP contribution < -0.4 is 5.73 Å². The molecule has 4 nitrogen and oxygen atoms in total. The minimum Gasteiger partial charge on any atom is -0.456 e. The number of thiophene rings is 1. The fraction of sp³-hybridized carbons (Fsp3) is 0.455. The largest absolute Gasteiger partial charge is 0.456 e. The van der Waals surface area contributed by atoms with E-state index in [-0.39, 0.29) is 5.97 Å². The van der Waals surface area contributed by atoms with Crippen molar-refractivity contribution >= 4 is 44.7 Å². The van der Waals surface area contributed by atoms with Crippen molar-refractivity contribution in [1.82, 2.24) is 4.37 Å². The molecule has 6 heteroatoms. The molecular weight excluding hydrogens is 256 g/mol. The molecule has 0 aliphatic rings. The van der Waals surface area contributed by atoms with Crippen molar-refractivity contribution in [3.8, 4) is 0 Å². The first-order valence-corrected chi connectivity index (χ1v) is 6.76. The van der Waals surface area contributed by atoms with Gasteiger partial charge in [-0.3, -0.25) is 0 Å². The Morgan fingerprint density at radius 1 is 1.41 bits per heavy atom. The smallest absolute Gasteiger partial charge is 0.351 e. The Morgan fingerprint density at radius 3 is 2.59 bits per heavy atom. The molecule has 17 heavy (non-hydrogen) atoms. The average molecular weight is 270 g/mol. The Morgan fingerprint density at radius 2 is 2.06 bits per heavy atom. The van der Waals surface area contributed by atoms with Crippen molar-refractivity contribution in [2.75, 3.05) is 5.73 Å². The zero-order valence-corrected chi connectivity index (χ0v) is 11.8. The van der Waals surface area contributed by atoms with E-state index in [9.17, 15) is 4.79 Å². The molecule has 2 N–H and O–H groups in total. The predicted molar refractivity (Wildman–Crippen MR) is 71.8 cm³/mol. The number of carbonyl (C=O) groups is 1. The summed E-state index contributed by atoms with van der Waals surface area (Å²) in [6.45, 7) is 7.45. The van der Waals surface area contributed by atoms with Gasteiger partial charge in [-0.25, -0.2) is 4.79 Å². The van der Waals surface area contributed by atoms with E-state index < -0.39 is 5.60 Å². The van der Waals surface area contributed by atoms with Gasteiger partial charge >= 0.3 is 5.97 Å². The van der Waals surface area contributed by atoms with Crippen molar-refractivity contribution in [2.45, 2.75) is 33.3 Å². The third kappa shape index (κ3) is 2.28. The molecule has 0 amide bonds. The van der Waals surface area contributed by atoms with E-state index in [1.54, 1.807) is 0 Å². The van der Waals surface area contributed by atoms with E-state index in [1.165, 1.54) is 22.9 Å². The molecule has 0 radical (unpaired) electrons. The molecule has 0 fully saturated rings. The number of ether oxygens (including phenoxy) is 1. The van der Waals surface area contributed by atoms with Gasteiger partial charge in [0.05, 0.1) is 11.1 Å². The molecule has 2 rings (SSSR count). The van der Waals surface area contributed by atoms with E-state index in [0.29, 0.717) is 10.6 Å². The van der Waals surface area contributed by atoms with Gasteiger partial charge in [0, 0.05) is 4.88 Å². The first kappa shape index (κ1) is 12.3. The zero-order chi connectivity index (χ0) is 12.8. The van der Waals surface area contributed by atoms with Crippen LogP contribution in [0.25, 0.3) is 10.2 Å². The van der Waals surface area contributed by atoms with Gasteiger partial charge in [0.2, 0.25) is 0 Å². The van der Waals surface area contributed by atoms with Crippen LogP contribution in [0.1, 0.15) is 35.3 Å².